The van der Waals surface area contributed by atoms with Gasteiger partial charge in [0.15, 0.2) is 12.4 Å². The molecule has 0 amide bonds. The molecule has 1 aromatic carbocycles. The third kappa shape index (κ3) is 3.17. The molecule has 1 saturated heterocycles. The summed E-state index contributed by atoms with van der Waals surface area (Å²) in [4.78, 5) is 4.40. The van der Waals surface area contributed by atoms with E-state index in [2.05, 4.69) is 15.5 Å². The van der Waals surface area contributed by atoms with E-state index in [0.29, 0.717) is 12.5 Å². The van der Waals surface area contributed by atoms with Crippen molar-refractivity contribution in [2.75, 3.05) is 6.54 Å². The molecule has 5 heteroatoms. The van der Waals surface area contributed by atoms with Crippen LogP contribution in [-0.2, 0) is 6.61 Å². The van der Waals surface area contributed by atoms with Gasteiger partial charge in [-0.2, -0.15) is 4.98 Å². The average Bonchev–Trinajstić information content (AvgIpc) is 2.97. The van der Waals surface area contributed by atoms with Crippen LogP contribution in [0.5, 0.6) is 5.75 Å². The van der Waals surface area contributed by atoms with Gasteiger partial charge in [0.05, 0.1) is 6.04 Å². The van der Waals surface area contributed by atoms with E-state index in [1.165, 1.54) is 18.4 Å². The van der Waals surface area contributed by atoms with Crippen molar-refractivity contribution in [2.45, 2.75) is 38.8 Å². The molecule has 2 aromatic rings. The molecule has 3 rings (SSSR count). The van der Waals surface area contributed by atoms with E-state index in [1.807, 2.05) is 31.2 Å². The molecule has 1 aromatic heterocycles. The Morgan fingerprint density at radius 1 is 1.30 bits per heavy atom. The van der Waals surface area contributed by atoms with Crippen LogP contribution in [0.3, 0.4) is 0 Å². The minimum atomic E-state index is 0.223. The van der Waals surface area contributed by atoms with E-state index >= 15 is 0 Å². The van der Waals surface area contributed by atoms with Gasteiger partial charge in [0.2, 0.25) is 0 Å². The van der Waals surface area contributed by atoms with Crippen LogP contribution < -0.4 is 10.1 Å². The Bertz CT molecular complexity index is 545. The number of benzene rings is 1. The maximum atomic E-state index is 5.63. The van der Waals surface area contributed by atoms with Gasteiger partial charge in [-0.1, -0.05) is 29.3 Å². The monoisotopic (exact) mass is 273 g/mol. The lowest BCUT2D eigenvalue weighted by Gasteiger charge is -2.19. The van der Waals surface area contributed by atoms with Gasteiger partial charge in [-0.15, -0.1) is 0 Å². The van der Waals surface area contributed by atoms with Crippen molar-refractivity contribution in [1.29, 1.82) is 0 Å². The Morgan fingerprint density at radius 2 is 2.15 bits per heavy atom. The van der Waals surface area contributed by atoms with Crippen LogP contribution >= 0.6 is 0 Å². The summed E-state index contributed by atoms with van der Waals surface area (Å²) in [5, 5.41) is 7.44. The predicted molar refractivity (Wildman–Crippen MR) is 74.4 cm³/mol. The standard InChI is InChI=1S/C15H19N3O2/c1-11-5-7-12(8-6-11)19-10-14-17-15(18-20-14)13-4-2-3-9-16-13/h5-8,13,16H,2-4,9-10H2,1H3. The summed E-state index contributed by atoms with van der Waals surface area (Å²) in [7, 11) is 0. The molecule has 0 aliphatic carbocycles. The van der Waals surface area contributed by atoms with Crippen molar-refractivity contribution < 1.29 is 9.26 Å². The molecular weight excluding hydrogens is 254 g/mol. The summed E-state index contributed by atoms with van der Waals surface area (Å²) in [6, 6.07) is 8.13. The van der Waals surface area contributed by atoms with Gasteiger partial charge < -0.3 is 14.6 Å². The molecule has 0 bridgehead atoms. The number of aryl methyl sites for hydroxylation is 1. The van der Waals surface area contributed by atoms with Gasteiger partial charge in [-0.25, -0.2) is 0 Å². The zero-order valence-corrected chi connectivity index (χ0v) is 11.6. The van der Waals surface area contributed by atoms with Crippen LogP contribution in [0, 0.1) is 6.92 Å². The van der Waals surface area contributed by atoms with Gasteiger partial charge in [0.1, 0.15) is 5.75 Å². The van der Waals surface area contributed by atoms with Crippen LogP contribution in [-0.4, -0.2) is 16.7 Å². The molecule has 1 unspecified atom stereocenters. The summed E-state index contributed by atoms with van der Waals surface area (Å²) in [5.41, 5.74) is 1.21. The third-order valence-electron chi connectivity index (χ3n) is 3.49. The first kappa shape index (κ1) is 13.1. The first-order chi connectivity index (χ1) is 9.81. The van der Waals surface area contributed by atoms with E-state index in [4.69, 9.17) is 9.26 Å². The fourth-order valence-corrected chi connectivity index (χ4v) is 2.32. The van der Waals surface area contributed by atoms with Crippen molar-refractivity contribution in [3.8, 4) is 5.75 Å². The molecule has 0 saturated carbocycles. The lowest BCUT2D eigenvalue weighted by molar-refractivity contribution is 0.241. The summed E-state index contributed by atoms with van der Waals surface area (Å²) in [6.07, 6.45) is 3.50. The molecule has 2 heterocycles. The SMILES string of the molecule is Cc1ccc(OCc2nc(C3CCCCN3)no2)cc1. The zero-order chi connectivity index (χ0) is 13.8. The van der Waals surface area contributed by atoms with Crippen LogP contribution in [0.1, 0.15) is 42.6 Å². The van der Waals surface area contributed by atoms with Crippen LogP contribution in [0.15, 0.2) is 28.8 Å². The Hall–Kier alpha value is -1.88. The molecular formula is C15H19N3O2. The summed E-state index contributed by atoms with van der Waals surface area (Å²) in [6.45, 7) is 3.38. The summed E-state index contributed by atoms with van der Waals surface area (Å²) < 4.78 is 10.9. The average molecular weight is 273 g/mol. The van der Waals surface area contributed by atoms with E-state index < -0.39 is 0 Å². The number of rotatable bonds is 4. The van der Waals surface area contributed by atoms with E-state index in [-0.39, 0.29) is 6.04 Å². The van der Waals surface area contributed by atoms with Crippen molar-refractivity contribution >= 4 is 0 Å². The summed E-state index contributed by atoms with van der Waals surface area (Å²) in [5.74, 6) is 2.08. The lowest BCUT2D eigenvalue weighted by Crippen LogP contribution is -2.27. The maximum absolute atomic E-state index is 5.63. The van der Waals surface area contributed by atoms with Crippen molar-refractivity contribution in [3.05, 3.63) is 41.5 Å². The molecule has 1 atom stereocenters. The lowest BCUT2D eigenvalue weighted by atomic mass is 10.0. The number of aromatic nitrogens is 2. The highest BCUT2D eigenvalue weighted by atomic mass is 16.5. The highest BCUT2D eigenvalue weighted by Gasteiger charge is 2.20. The second-order valence-electron chi connectivity index (χ2n) is 5.15. The van der Waals surface area contributed by atoms with Gasteiger partial charge >= 0.3 is 0 Å². The Balaban J connectivity index is 1.58. The first-order valence-electron chi connectivity index (χ1n) is 7.06. The first-order valence-corrected chi connectivity index (χ1v) is 7.06. The topological polar surface area (TPSA) is 60.2 Å². The van der Waals surface area contributed by atoms with Gasteiger partial charge in [0.25, 0.3) is 5.89 Å². The number of hydrogen-bond acceptors (Lipinski definition) is 5. The molecule has 5 nitrogen and oxygen atoms in total. The zero-order valence-electron chi connectivity index (χ0n) is 11.6. The number of hydrogen-bond donors (Lipinski definition) is 1. The quantitative estimate of drug-likeness (QED) is 0.928. The van der Waals surface area contributed by atoms with Crippen molar-refractivity contribution in [1.82, 2.24) is 15.5 Å². The Morgan fingerprint density at radius 3 is 2.90 bits per heavy atom. The highest BCUT2D eigenvalue weighted by Crippen LogP contribution is 2.20. The van der Waals surface area contributed by atoms with E-state index in [0.717, 1.165) is 24.5 Å². The highest BCUT2D eigenvalue weighted by molar-refractivity contribution is 5.26. The molecule has 1 N–H and O–H groups in total. The second-order valence-corrected chi connectivity index (χ2v) is 5.15. The molecule has 0 radical (unpaired) electrons. The molecule has 1 aliphatic rings. The largest absolute Gasteiger partial charge is 0.484 e. The number of nitrogens with one attached hydrogen (secondary N) is 1. The summed E-state index contributed by atoms with van der Waals surface area (Å²) >= 11 is 0. The van der Waals surface area contributed by atoms with Gasteiger partial charge in [0, 0.05) is 0 Å². The number of ether oxygens (including phenoxy) is 1. The molecule has 1 fully saturated rings. The van der Waals surface area contributed by atoms with Gasteiger partial charge in [-0.3, -0.25) is 0 Å². The normalized spacial score (nSPS) is 18.9. The molecule has 106 valence electrons. The van der Waals surface area contributed by atoms with Crippen molar-refractivity contribution in [2.24, 2.45) is 0 Å². The molecule has 20 heavy (non-hydrogen) atoms. The van der Waals surface area contributed by atoms with Crippen molar-refractivity contribution in [3.63, 3.8) is 0 Å². The predicted octanol–water partition coefficient (Wildman–Crippen LogP) is 2.77. The Labute approximate surface area is 118 Å². The second kappa shape index (κ2) is 6.05. The van der Waals surface area contributed by atoms with Crippen LogP contribution in [0.4, 0.5) is 0 Å². The fourth-order valence-electron chi connectivity index (χ4n) is 2.32. The van der Waals surface area contributed by atoms with E-state index in [1.54, 1.807) is 0 Å². The Kier molecular flexibility index (Phi) is 3.97. The van der Waals surface area contributed by atoms with Crippen LogP contribution in [0.25, 0.3) is 0 Å². The molecule has 1 aliphatic heterocycles. The third-order valence-corrected chi connectivity index (χ3v) is 3.49. The smallest absolute Gasteiger partial charge is 0.264 e. The fraction of sp³-hybridized carbons (Fsp3) is 0.467. The number of nitrogens with zero attached hydrogens (tertiary/aromatic N) is 2. The number of piperidine rings is 1. The maximum Gasteiger partial charge on any atom is 0.264 e. The molecule has 0 spiro atoms. The minimum absolute atomic E-state index is 0.223. The minimum Gasteiger partial charge on any atom is -0.484 e. The van der Waals surface area contributed by atoms with Crippen LogP contribution in [0.2, 0.25) is 0 Å². The van der Waals surface area contributed by atoms with E-state index in [9.17, 15) is 0 Å². The van der Waals surface area contributed by atoms with Gasteiger partial charge in [-0.05, 0) is 38.4 Å².